The van der Waals surface area contributed by atoms with E-state index in [4.69, 9.17) is 4.98 Å². The summed E-state index contributed by atoms with van der Waals surface area (Å²) in [4.78, 5) is 30.5. The summed E-state index contributed by atoms with van der Waals surface area (Å²) in [6.45, 7) is 10.4. The highest BCUT2D eigenvalue weighted by Crippen LogP contribution is 2.38. The van der Waals surface area contributed by atoms with Gasteiger partial charge in [-0.15, -0.1) is 0 Å². The quantitative estimate of drug-likeness (QED) is 0.609. The van der Waals surface area contributed by atoms with Gasteiger partial charge in [-0.3, -0.25) is 14.2 Å². The van der Waals surface area contributed by atoms with E-state index in [9.17, 15) is 9.59 Å². The summed E-state index contributed by atoms with van der Waals surface area (Å²) in [6, 6.07) is 7.62. The number of carbonyl (C=O) groups is 1. The predicted molar refractivity (Wildman–Crippen MR) is 116 cm³/mol. The van der Waals surface area contributed by atoms with Crippen molar-refractivity contribution in [3.63, 3.8) is 0 Å². The fraction of sp³-hybridized carbons (Fsp3) is 0.591. The van der Waals surface area contributed by atoms with Crippen molar-refractivity contribution < 1.29 is 4.79 Å². The lowest BCUT2D eigenvalue weighted by Crippen LogP contribution is -2.41. The van der Waals surface area contributed by atoms with Crippen LogP contribution in [0.25, 0.3) is 10.9 Å². The molecule has 1 N–H and O–H groups in total. The van der Waals surface area contributed by atoms with E-state index in [2.05, 4.69) is 19.2 Å². The van der Waals surface area contributed by atoms with Crippen LogP contribution in [0.15, 0.2) is 34.2 Å². The van der Waals surface area contributed by atoms with Crippen molar-refractivity contribution in [3.05, 3.63) is 34.6 Å². The molecule has 0 aliphatic heterocycles. The lowest BCUT2D eigenvalue weighted by atomic mass is 9.78. The third kappa shape index (κ3) is 4.59. The zero-order valence-electron chi connectivity index (χ0n) is 17.5. The number of nitrogens with one attached hydrogen (secondary N) is 1. The third-order valence-electron chi connectivity index (χ3n) is 5.62. The molecular weight excluding hydrogens is 370 g/mol. The standard InChI is InChI=1S/C22H31N3O2S/c1-14-9-8-12-18(15(14)2)25-20(27)16-10-6-7-11-17(16)23-21(25)28-13-19(26)24-22(3,4)5/h6-7,10-11,14-15,18H,8-9,12-13H2,1-5H3,(H,24,26)/t14-,15+,18+/m0/s1. The number of para-hydroxylation sites is 1. The van der Waals surface area contributed by atoms with Gasteiger partial charge in [0.1, 0.15) is 0 Å². The normalized spacial score (nSPS) is 23.0. The molecule has 1 amide bonds. The molecule has 152 valence electrons. The third-order valence-corrected chi connectivity index (χ3v) is 6.57. The molecular formula is C22H31N3O2S. The Morgan fingerprint density at radius 3 is 2.68 bits per heavy atom. The lowest BCUT2D eigenvalue weighted by molar-refractivity contribution is -0.119. The largest absolute Gasteiger partial charge is 0.351 e. The van der Waals surface area contributed by atoms with Gasteiger partial charge < -0.3 is 5.32 Å². The summed E-state index contributed by atoms with van der Waals surface area (Å²) in [5, 5.41) is 4.28. The smallest absolute Gasteiger partial charge is 0.262 e. The van der Waals surface area contributed by atoms with Crippen molar-refractivity contribution in [1.29, 1.82) is 0 Å². The molecule has 3 atom stereocenters. The van der Waals surface area contributed by atoms with Crippen molar-refractivity contribution in [1.82, 2.24) is 14.9 Å². The van der Waals surface area contributed by atoms with Gasteiger partial charge in [-0.05, 0) is 51.2 Å². The molecule has 28 heavy (non-hydrogen) atoms. The summed E-state index contributed by atoms with van der Waals surface area (Å²) in [6.07, 6.45) is 3.29. The van der Waals surface area contributed by atoms with Gasteiger partial charge in [0.15, 0.2) is 5.16 Å². The first-order valence-corrected chi connectivity index (χ1v) is 11.1. The molecule has 0 saturated heterocycles. The molecule has 2 aromatic rings. The van der Waals surface area contributed by atoms with Gasteiger partial charge in [0.25, 0.3) is 5.56 Å². The van der Waals surface area contributed by atoms with Gasteiger partial charge in [0, 0.05) is 11.6 Å². The van der Waals surface area contributed by atoms with Gasteiger partial charge >= 0.3 is 0 Å². The Labute approximate surface area is 171 Å². The van der Waals surface area contributed by atoms with Crippen molar-refractivity contribution in [3.8, 4) is 0 Å². The van der Waals surface area contributed by atoms with Crippen LogP contribution in [-0.4, -0.2) is 26.8 Å². The monoisotopic (exact) mass is 401 g/mol. The van der Waals surface area contributed by atoms with Crippen LogP contribution in [0.2, 0.25) is 0 Å². The fourth-order valence-electron chi connectivity index (χ4n) is 4.02. The molecule has 5 nitrogen and oxygen atoms in total. The summed E-state index contributed by atoms with van der Waals surface area (Å²) in [5.41, 5.74) is 0.427. The van der Waals surface area contributed by atoms with E-state index in [-0.39, 0.29) is 28.8 Å². The van der Waals surface area contributed by atoms with Gasteiger partial charge in [0.2, 0.25) is 5.91 Å². The van der Waals surface area contributed by atoms with Gasteiger partial charge in [-0.1, -0.05) is 50.6 Å². The average molecular weight is 402 g/mol. The maximum atomic E-state index is 13.4. The Balaban J connectivity index is 2.00. The molecule has 1 saturated carbocycles. The molecule has 0 spiro atoms. The number of benzene rings is 1. The molecule has 1 heterocycles. The van der Waals surface area contributed by atoms with Crippen LogP contribution in [0.4, 0.5) is 0 Å². The average Bonchev–Trinajstić information content (AvgIpc) is 2.62. The van der Waals surface area contributed by atoms with E-state index < -0.39 is 0 Å². The Hall–Kier alpha value is -1.82. The van der Waals surface area contributed by atoms with E-state index in [0.717, 1.165) is 12.8 Å². The Bertz CT molecular complexity index is 916. The maximum absolute atomic E-state index is 13.4. The Morgan fingerprint density at radius 2 is 1.96 bits per heavy atom. The van der Waals surface area contributed by atoms with E-state index in [1.54, 1.807) is 0 Å². The highest BCUT2D eigenvalue weighted by Gasteiger charge is 2.31. The van der Waals surface area contributed by atoms with Crippen LogP contribution in [0, 0.1) is 11.8 Å². The molecule has 1 fully saturated rings. The van der Waals surface area contributed by atoms with E-state index in [1.165, 1.54) is 18.2 Å². The zero-order valence-corrected chi connectivity index (χ0v) is 18.3. The summed E-state index contributed by atoms with van der Waals surface area (Å²) in [7, 11) is 0. The number of hydrogen-bond acceptors (Lipinski definition) is 4. The second-order valence-corrected chi connectivity index (χ2v) is 9.95. The number of thioether (sulfide) groups is 1. The highest BCUT2D eigenvalue weighted by molar-refractivity contribution is 7.99. The van der Waals surface area contributed by atoms with Crippen molar-refractivity contribution >= 4 is 28.6 Å². The minimum atomic E-state index is -0.276. The Morgan fingerprint density at radius 1 is 1.25 bits per heavy atom. The van der Waals surface area contributed by atoms with Gasteiger partial charge in [0.05, 0.1) is 16.7 Å². The second-order valence-electron chi connectivity index (χ2n) is 9.01. The summed E-state index contributed by atoms with van der Waals surface area (Å²) >= 11 is 1.36. The molecule has 1 aliphatic rings. The first-order valence-electron chi connectivity index (χ1n) is 10.1. The number of fused-ring (bicyclic) bond motifs is 1. The minimum absolute atomic E-state index is 0.00952. The maximum Gasteiger partial charge on any atom is 0.262 e. The zero-order chi connectivity index (χ0) is 20.5. The molecule has 0 radical (unpaired) electrons. The number of amides is 1. The molecule has 3 rings (SSSR count). The molecule has 0 unspecified atom stereocenters. The van der Waals surface area contributed by atoms with Crippen molar-refractivity contribution in [2.24, 2.45) is 11.8 Å². The summed E-state index contributed by atoms with van der Waals surface area (Å²) in [5.74, 6) is 1.17. The molecule has 0 bridgehead atoms. The lowest BCUT2D eigenvalue weighted by Gasteiger charge is -2.36. The van der Waals surface area contributed by atoms with Crippen molar-refractivity contribution in [2.75, 3.05) is 5.75 Å². The topological polar surface area (TPSA) is 64.0 Å². The van der Waals surface area contributed by atoms with E-state index in [0.29, 0.717) is 27.9 Å². The highest BCUT2D eigenvalue weighted by atomic mass is 32.2. The summed E-state index contributed by atoms with van der Waals surface area (Å²) < 4.78 is 1.87. The first kappa shape index (κ1) is 20.9. The number of rotatable bonds is 4. The van der Waals surface area contributed by atoms with E-state index in [1.807, 2.05) is 49.6 Å². The van der Waals surface area contributed by atoms with E-state index >= 15 is 0 Å². The van der Waals surface area contributed by atoms with Crippen LogP contribution in [0.3, 0.4) is 0 Å². The number of carbonyl (C=O) groups excluding carboxylic acids is 1. The number of aromatic nitrogens is 2. The van der Waals surface area contributed by atoms with Gasteiger partial charge in [-0.2, -0.15) is 0 Å². The number of hydrogen-bond donors (Lipinski definition) is 1. The predicted octanol–water partition coefficient (Wildman–Crippen LogP) is 4.40. The SMILES string of the molecule is C[C@H]1[C@H](n2c(SCC(=O)NC(C)(C)C)nc3ccccc3c2=O)CCC[C@@H]1C. The fourth-order valence-corrected chi connectivity index (χ4v) is 4.88. The molecule has 1 aromatic heterocycles. The van der Waals surface area contributed by atoms with Crippen LogP contribution in [0.5, 0.6) is 0 Å². The minimum Gasteiger partial charge on any atom is -0.351 e. The second kappa shape index (κ2) is 8.27. The molecule has 1 aliphatic carbocycles. The van der Waals surface area contributed by atoms with Crippen LogP contribution < -0.4 is 10.9 Å². The van der Waals surface area contributed by atoms with Crippen molar-refractivity contribution in [2.45, 2.75) is 70.6 Å². The van der Waals surface area contributed by atoms with Crippen LogP contribution in [-0.2, 0) is 4.79 Å². The number of nitrogens with zero attached hydrogens (tertiary/aromatic N) is 2. The van der Waals surface area contributed by atoms with Crippen LogP contribution in [0.1, 0.15) is 59.9 Å². The molecule has 6 heteroatoms. The van der Waals surface area contributed by atoms with Crippen LogP contribution >= 0.6 is 11.8 Å². The van der Waals surface area contributed by atoms with Gasteiger partial charge in [-0.25, -0.2) is 4.98 Å². The first-order chi connectivity index (χ1) is 13.2. The molecule has 1 aromatic carbocycles. The Kier molecular flexibility index (Phi) is 6.18.